The molecule has 1 aromatic carbocycles. The highest BCUT2D eigenvalue weighted by molar-refractivity contribution is 6.04. The van der Waals surface area contributed by atoms with E-state index in [1.807, 2.05) is 18.2 Å². The Bertz CT molecular complexity index is 596. The second kappa shape index (κ2) is 4.29. The monoisotopic (exact) mass is 231 g/mol. The van der Waals surface area contributed by atoms with Gasteiger partial charge in [-0.05, 0) is 19.1 Å². The van der Waals surface area contributed by atoms with Crippen molar-refractivity contribution in [1.82, 2.24) is 9.78 Å². The molecule has 0 saturated carbocycles. The fourth-order valence-electron chi connectivity index (χ4n) is 1.67. The molecule has 2 N–H and O–H groups in total. The van der Waals surface area contributed by atoms with Gasteiger partial charge < -0.3 is 5.32 Å². The van der Waals surface area contributed by atoms with Gasteiger partial charge >= 0.3 is 0 Å². The lowest BCUT2D eigenvalue weighted by Gasteiger charge is -2.02. The van der Waals surface area contributed by atoms with Gasteiger partial charge in [0.05, 0.1) is 0 Å². The van der Waals surface area contributed by atoms with E-state index in [2.05, 4.69) is 10.4 Å². The first-order valence-corrected chi connectivity index (χ1v) is 5.21. The van der Waals surface area contributed by atoms with Gasteiger partial charge in [0.2, 0.25) is 0 Å². The molecule has 2 aromatic rings. The maximum Gasteiger partial charge on any atom is 0.279 e. The summed E-state index contributed by atoms with van der Waals surface area (Å²) in [5.41, 5.74) is 1.05. The third kappa shape index (κ3) is 2.13. The zero-order valence-corrected chi connectivity index (χ0v) is 9.65. The fourth-order valence-corrected chi connectivity index (χ4v) is 1.67. The van der Waals surface area contributed by atoms with E-state index < -0.39 is 5.91 Å². The van der Waals surface area contributed by atoms with Crippen LogP contribution in [0.1, 0.15) is 16.1 Å². The van der Waals surface area contributed by atoms with E-state index in [1.54, 1.807) is 26.1 Å². The number of benzene rings is 1. The third-order valence-electron chi connectivity index (χ3n) is 2.49. The van der Waals surface area contributed by atoms with Crippen LogP contribution in [-0.4, -0.2) is 15.7 Å². The number of aromatic nitrogens is 2. The molecule has 0 unspecified atom stereocenters. The first kappa shape index (κ1) is 11.2. The van der Waals surface area contributed by atoms with Crippen molar-refractivity contribution in [2.45, 2.75) is 6.92 Å². The summed E-state index contributed by atoms with van der Waals surface area (Å²) in [5.74, 6) is -0.393. The number of carbonyl (C=O) groups excluding carboxylic acids is 1. The van der Waals surface area contributed by atoms with E-state index in [-0.39, 0.29) is 11.1 Å². The number of carbonyl (C=O) groups is 1. The molecular formula is C12H13N3O2. The lowest BCUT2D eigenvalue weighted by Crippen LogP contribution is -2.23. The Balaban J connectivity index is 2.30. The molecule has 2 rings (SSSR count). The summed E-state index contributed by atoms with van der Waals surface area (Å²) in [6.07, 6.45) is 0. The zero-order chi connectivity index (χ0) is 12.4. The quantitative estimate of drug-likeness (QED) is 0.817. The number of H-pyrrole nitrogens is 1. The predicted molar refractivity (Wildman–Crippen MR) is 65.2 cm³/mol. The molecule has 0 spiro atoms. The Kier molecular flexibility index (Phi) is 2.82. The lowest BCUT2D eigenvalue weighted by molar-refractivity contribution is 0.102. The number of amides is 1. The van der Waals surface area contributed by atoms with Crippen molar-refractivity contribution >= 4 is 11.6 Å². The van der Waals surface area contributed by atoms with E-state index in [1.165, 1.54) is 4.68 Å². The van der Waals surface area contributed by atoms with Gasteiger partial charge in [-0.15, -0.1) is 0 Å². The third-order valence-corrected chi connectivity index (χ3v) is 2.49. The van der Waals surface area contributed by atoms with E-state index in [0.29, 0.717) is 11.4 Å². The molecule has 0 aliphatic heterocycles. The molecule has 5 heteroatoms. The van der Waals surface area contributed by atoms with E-state index in [4.69, 9.17) is 0 Å². The molecule has 1 heterocycles. The van der Waals surface area contributed by atoms with Crippen molar-refractivity contribution in [3.05, 3.63) is 51.9 Å². The standard InChI is InChI=1S/C12H13N3O2/c1-8-10(12(17)15(2)14-8)11(16)13-9-6-4-3-5-7-9/h3-7,14H,1-2H3,(H,13,16). The summed E-state index contributed by atoms with van der Waals surface area (Å²) >= 11 is 0. The van der Waals surface area contributed by atoms with Crippen molar-refractivity contribution in [3.63, 3.8) is 0 Å². The number of aromatic amines is 1. The number of para-hydroxylation sites is 1. The lowest BCUT2D eigenvalue weighted by atomic mass is 10.2. The summed E-state index contributed by atoms with van der Waals surface area (Å²) in [4.78, 5) is 23.6. The van der Waals surface area contributed by atoms with Crippen molar-refractivity contribution < 1.29 is 4.79 Å². The highest BCUT2D eigenvalue weighted by Gasteiger charge is 2.17. The summed E-state index contributed by atoms with van der Waals surface area (Å²) in [6.45, 7) is 1.70. The molecule has 88 valence electrons. The number of anilines is 1. The van der Waals surface area contributed by atoms with Gasteiger partial charge in [0, 0.05) is 18.4 Å². The molecule has 1 amide bonds. The molecule has 0 atom stereocenters. The largest absolute Gasteiger partial charge is 0.322 e. The Morgan fingerprint density at radius 2 is 1.94 bits per heavy atom. The summed E-state index contributed by atoms with van der Waals surface area (Å²) < 4.78 is 1.29. The van der Waals surface area contributed by atoms with Crippen LogP contribution in [0, 0.1) is 6.92 Å². The molecule has 0 saturated heterocycles. The van der Waals surface area contributed by atoms with Crippen LogP contribution in [0.4, 0.5) is 5.69 Å². The fraction of sp³-hybridized carbons (Fsp3) is 0.167. The van der Waals surface area contributed by atoms with Gasteiger partial charge in [-0.3, -0.25) is 19.4 Å². The topological polar surface area (TPSA) is 66.9 Å². The predicted octanol–water partition coefficient (Wildman–Crippen LogP) is 1.27. The molecular weight excluding hydrogens is 218 g/mol. The van der Waals surface area contributed by atoms with Crippen molar-refractivity contribution in [2.75, 3.05) is 5.32 Å². The van der Waals surface area contributed by atoms with Gasteiger partial charge in [0.25, 0.3) is 11.5 Å². The second-order valence-electron chi connectivity index (χ2n) is 3.80. The van der Waals surface area contributed by atoms with Gasteiger partial charge in [0.1, 0.15) is 5.56 Å². The average Bonchev–Trinajstić information content (AvgIpc) is 2.54. The number of hydrogen-bond acceptors (Lipinski definition) is 2. The second-order valence-corrected chi connectivity index (χ2v) is 3.80. The Labute approximate surface area is 98.1 Å². The van der Waals surface area contributed by atoms with Crippen LogP contribution >= 0.6 is 0 Å². The van der Waals surface area contributed by atoms with Gasteiger partial charge in [0.15, 0.2) is 0 Å². The van der Waals surface area contributed by atoms with E-state index in [0.717, 1.165) is 0 Å². The zero-order valence-electron chi connectivity index (χ0n) is 9.65. The molecule has 1 aromatic heterocycles. The van der Waals surface area contributed by atoms with Gasteiger partial charge in [-0.25, -0.2) is 0 Å². The van der Waals surface area contributed by atoms with E-state index >= 15 is 0 Å². The molecule has 0 fully saturated rings. The maximum atomic E-state index is 11.9. The number of nitrogens with zero attached hydrogens (tertiary/aromatic N) is 1. The van der Waals surface area contributed by atoms with Crippen molar-refractivity contribution in [2.24, 2.45) is 7.05 Å². The number of rotatable bonds is 2. The Morgan fingerprint density at radius 3 is 2.47 bits per heavy atom. The van der Waals surface area contributed by atoms with Crippen LogP contribution in [-0.2, 0) is 7.05 Å². The van der Waals surface area contributed by atoms with Crippen LogP contribution < -0.4 is 10.9 Å². The Hall–Kier alpha value is -2.30. The molecule has 17 heavy (non-hydrogen) atoms. The molecule has 0 aliphatic rings. The first-order chi connectivity index (χ1) is 8.09. The van der Waals surface area contributed by atoms with Crippen molar-refractivity contribution in [1.29, 1.82) is 0 Å². The van der Waals surface area contributed by atoms with E-state index in [9.17, 15) is 9.59 Å². The molecule has 0 bridgehead atoms. The van der Waals surface area contributed by atoms with Crippen molar-refractivity contribution in [3.8, 4) is 0 Å². The van der Waals surface area contributed by atoms with Crippen LogP contribution in [0.2, 0.25) is 0 Å². The number of hydrogen-bond donors (Lipinski definition) is 2. The summed E-state index contributed by atoms with van der Waals surface area (Å²) in [7, 11) is 1.58. The SMILES string of the molecule is Cc1[nH]n(C)c(=O)c1C(=O)Nc1ccccc1. The van der Waals surface area contributed by atoms with Crippen LogP contribution in [0.3, 0.4) is 0 Å². The van der Waals surface area contributed by atoms with Crippen LogP contribution in [0.5, 0.6) is 0 Å². The highest BCUT2D eigenvalue weighted by Crippen LogP contribution is 2.08. The minimum absolute atomic E-state index is 0.149. The van der Waals surface area contributed by atoms with Gasteiger partial charge in [-0.1, -0.05) is 18.2 Å². The normalized spacial score (nSPS) is 10.2. The Morgan fingerprint density at radius 1 is 1.29 bits per heavy atom. The highest BCUT2D eigenvalue weighted by atomic mass is 16.2. The summed E-state index contributed by atoms with van der Waals surface area (Å²) in [5, 5.41) is 5.47. The minimum atomic E-state index is -0.393. The number of nitrogens with one attached hydrogen (secondary N) is 2. The first-order valence-electron chi connectivity index (χ1n) is 5.21. The maximum absolute atomic E-state index is 11.9. The molecule has 5 nitrogen and oxygen atoms in total. The molecule has 0 aliphatic carbocycles. The van der Waals surface area contributed by atoms with Crippen LogP contribution in [0.15, 0.2) is 35.1 Å². The molecule has 0 radical (unpaired) electrons. The average molecular weight is 231 g/mol. The van der Waals surface area contributed by atoms with Crippen LogP contribution in [0.25, 0.3) is 0 Å². The summed E-state index contributed by atoms with van der Waals surface area (Å²) in [6, 6.07) is 9.03. The number of aryl methyl sites for hydroxylation is 2. The van der Waals surface area contributed by atoms with Gasteiger partial charge in [-0.2, -0.15) is 0 Å². The minimum Gasteiger partial charge on any atom is -0.322 e. The smallest absolute Gasteiger partial charge is 0.279 e.